The molecule has 2 aromatic carbocycles. The number of nitrogens with zero attached hydrogens (tertiary/aromatic N) is 2. The summed E-state index contributed by atoms with van der Waals surface area (Å²) in [5, 5.41) is 0.936. The topological polar surface area (TPSA) is 59.5 Å². The number of amides is 1. The Labute approximate surface area is 169 Å². The highest BCUT2D eigenvalue weighted by molar-refractivity contribution is 5.96. The van der Waals surface area contributed by atoms with Crippen LogP contribution in [0, 0.1) is 0 Å². The molecule has 4 aromatic rings. The van der Waals surface area contributed by atoms with E-state index in [1.807, 2.05) is 53.4 Å². The van der Waals surface area contributed by atoms with Crippen LogP contribution in [0.5, 0.6) is 0 Å². The van der Waals surface area contributed by atoms with Crippen LogP contribution < -0.4 is 0 Å². The van der Waals surface area contributed by atoms with Crippen molar-refractivity contribution in [1.82, 2.24) is 9.88 Å². The first-order chi connectivity index (χ1) is 14.3. The van der Waals surface area contributed by atoms with Crippen molar-refractivity contribution >= 4 is 16.9 Å². The van der Waals surface area contributed by atoms with E-state index in [1.165, 1.54) is 5.56 Å². The van der Waals surface area contributed by atoms with Crippen LogP contribution in [-0.4, -0.2) is 22.3 Å². The Kier molecular flexibility index (Phi) is 4.64. The molecule has 0 unspecified atom stereocenters. The number of hydrogen-bond donors (Lipinski definition) is 0. The van der Waals surface area contributed by atoms with Gasteiger partial charge in [0.2, 0.25) is 5.89 Å². The number of likely N-dealkylation sites (tertiary alicyclic amines) is 1. The zero-order valence-electron chi connectivity index (χ0n) is 16.1. The third kappa shape index (κ3) is 3.56. The Balaban J connectivity index is 1.39. The van der Waals surface area contributed by atoms with Crippen LogP contribution in [0.1, 0.15) is 53.1 Å². The van der Waals surface area contributed by atoms with Crippen molar-refractivity contribution in [2.75, 3.05) is 6.54 Å². The molecule has 1 saturated heterocycles. The SMILES string of the molecule is O=C(c1cc2ccccc2o1)N1CCCC[C@H]1c1ncc(Cc2ccccc2)o1. The molecule has 1 amide bonds. The zero-order chi connectivity index (χ0) is 19.6. The molecule has 5 rings (SSSR count). The van der Waals surface area contributed by atoms with Crippen molar-refractivity contribution < 1.29 is 13.6 Å². The number of hydrogen-bond acceptors (Lipinski definition) is 4. The summed E-state index contributed by atoms with van der Waals surface area (Å²) in [5.74, 6) is 1.69. The average Bonchev–Trinajstić information content (AvgIpc) is 3.41. The molecule has 5 heteroatoms. The summed E-state index contributed by atoms with van der Waals surface area (Å²) in [4.78, 5) is 19.6. The Morgan fingerprint density at radius 1 is 1.03 bits per heavy atom. The molecule has 1 aliphatic heterocycles. The van der Waals surface area contributed by atoms with Gasteiger partial charge < -0.3 is 13.7 Å². The standard InChI is InChI=1S/C24H22N2O3/c27-24(22-15-18-10-4-5-12-21(18)29-22)26-13-7-6-11-20(26)23-25-16-19(28-23)14-17-8-2-1-3-9-17/h1-5,8-10,12,15-16,20H,6-7,11,13-14H2/t20-/m0/s1. The number of aromatic nitrogens is 1. The lowest BCUT2D eigenvalue weighted by atomic mass is 10.0. The second-order valence-corrected chi connectivity index (χ2v) is 7.49. The maximum atomic E-state index is 13.2. The van der Waals surface area contributed by atoms with Crippen molar-refractivity contribution in [3.8, 4) is 0 Å². The summed E-state index contributed by atoms with van der Waals surface area (Å²) in [5.41, 5.74) is 1.90. The monoisotopic (exact) mass is 386 g/mol. The maximum absolute atomic E-state index is 13.2. The highest BCUT2D eigenvalue weighted by Crippen LogP contribution is 2.33. The van der Waals surface area contributed by atoms with E-state index in [4.69, 9.17) is 8.83 Å². The van der Waals surface area contributed by atoms with Crippen molar-refractivity contribution in [1.29, 1.82) is 0 Å². The molecule has 1 fully saturated rings. The summed E-state index contributed by atoms with van der Waals surface area (Å²) < 4.78 is 11.9. The number of para-hydroxylation sites is 1. The second-order valence-electron chi connectivity index (χ2n) is 7.49. The van der Waals surface area contributed by atoms with Gasteiger partial charge >= 0.3 is 0 Å². The molecule has 0 bridgehead atoms. The fourth-order valence-corrected chi connectivity index (χ4v) is 4.02. The lowest BCUT2D eigenvalue weighted by molar-refractivity contribution is 0.0540. The molecule has 3 heterocycles. The third-order valence-corrected chi connectivity index (χ3v) is 5.48. The predicted molar refractivity (Wildman–Crippen MR) is 110 cm³/mol. The van der Waals surface area contributed by atoms with Crippen LogP contribution in [0.2, 0.25) is 0 Å². The van der Waals surface area contributed by atoms with Crippen molar-refractivity contribution in [3.05, 3.63) is 89.8 Å². The summed E-state index contributed by atoms with van der Waals surface area (Å²) >= 11 is 0. The van der Waals surface area contributed by atoms with Gasteiger partial charge in [0.05, 0.1) is 6.20 Å². The number of fused-ring (bicyclic) bond motifs is 1. The first-order valence-corrected chi connectivity index (χ1v) is 10.1. The van der Waals surface area contributed by atoms with Gasteiger partial charge in [-0.3, -0.25) is 4.79 Å². The van der Waals surface area contributed by atoms with E-state index in [2.05, 4.69) is 17.1 Å². The van der Waals surface area contributed by atoms with E-state index in [-0.39, 0.29) is 11.9 Å². The van der Waals surface area contributed by atoms with Crippen LogP contribution in [0.15, 0.2) is 75.7 Å². The molecule has 0 radical (unpaired) electrons. The molecule has 0 aliphatic carbocycles. The highest BCUT2D eigenvalue weighted by Gasteiger charge is 2.33. The van der Waals surface area contributed by atoms with Gasteiger partial charge in [0, 0.05) is 18.4 Å². The van der Waals surface area contributed by atoms with E-state index in [1.54, 1.807) is 6.20 Å². The average molecular weight is 386 g/mol. The van der Waals surface area contributed by atoms with Gasteiger partial charge in [0.1, 0.15) is 17.4 Å². The van der Waals surface area contributed by atoms with Crippen LogP contribution in [0.3, 0.4) is 0 Å². The van der Waals surface area contributed by atoms with Gasteiger partial charge in [0.25, 0.3) is 5.91 Å². The van der Waals surface area contributed by atoms with Crippen LogP contribution in [-0.2, 0) is 6.42 Å². The fourth-order valence-electron chi connectivity index (χ4n) is 4.02. The first kappa shape index (κ1) is 17.7. The van der Waals surface area contributed by atoms with Gasteiger partial charge in [-0.25, -0.2) is 4.98 Å². The maximum Gasteiger partial charge on any atom is 0.290 e. The Hall–Kier alpha value is -3.34. The molecule has 2 aromatic heterocycles. The normalized spacial score (nSPS) is 17.0. The number of rotatable bonds is 4. The summed E-state index contributed by atoms with van der Waals surface area (Å²) in [7, 11) is 0. The molecule has 0 N–H and O–H groups in total. The van der Waals surface area contributed by atoms with E-state index in [0.717, 1.165) is 36.0 Å². The summed E-state index contributed by atoms with van der Waals surface area (Å²) in [6.45, 7) is 0.678. The molecule has 146 valence electrons. The Morgan fingerprint density at radius 3 is 2.72 bits per heavy atom. The lowest BCUT2D eigenvalue weighted by Crippen LogP contribution is -2.38. The highest BCUT2D eigenvalue weighted by atomic mass is 16.4. The van der Waals surface area contributed by atoms with E-state index >= 15 is 0 Å². The molecule has 1 aliphatic rings. The second kappa shape index (κ2) is 7.59. The number of oxazole rings is 1. The molecule has 0 spiro atoms. The van der Waals surface area contributed by atoms with Crippen LogP contribution in [0.4, 0.5) is 0 Å². The van der Waals surface area contributed by atoms with Gasteiger partial charge in [-0.15, -0.1) is 0 Å². The fraction of sp³-hybridized carbons (Fsp3) is 0.250. The summed E-state index contributed by atoms with van der Waals surface area (Å²) in [6, 6.07) is 19.5. The zero-order valence-corrected chi connectivity index (χ0v) is 16.1. The number of carbonyl (C=O) groups excluding carboxylic acids is 1. The molecule has 1 atom stereocenters. The van der Waals surface area contributed by atoms with Crippen LogP contribution >= 0.6 is 0 Å². The molecule has 5 nitrogen and oxygen atoms in total. The quantitative estimate of drug-likeness (QED) is 0.472. The first-order valence-electron chi connectivity index (χ1n) is 10.1. The number of piperidine rings is 1. The number of carbonyl (C=O) groups is 1. The number of furan rings is 1. The predicted octanol–water partition coefficient (Wildman–Crippen LogP) is 5.38. The Morgan fingerprint density at radius 2 is 1.86 bits per heavy atom. The summed E-state index contributed by atoms with van der Waals surface area (Å²) in [6.07, 6.45) is 5.33. The smallest absolute Gasteiger partial charge is 0.290 e. The minimum absolute atomic E-state index is 0.103. The van der Waals surface area contributed by atoms with E-state index in [0.29, 0.717) is 24.6 Å². The minimum atomic E-state index is -0.158. The number of benzene rings is 2. The van der Waals surface area contributed by atoms with Gasteiger partial charge in [-0.2, -0.15) is 0 Å². The van der Waals surface area contributed by atoms with Crippen molar-refractivity contribution in [2.24, 2.45) is 0 Å². The minimum Gasteiger partial charge on any atom is -0.451 e. The molecule has 0 saturated carbocycles. The lowest BCUT2D eigenvalue weighted by Gasteiger charge is -2.33. The largest absolute Gasteiger partial charge is 0.451 e. The molecule has 29 heavy (non-hydrogen) atoms. The van der Waals surface area contributed by atoms with Crippen LogP contribution in [0.25, 0.3) is 11.0 Å². The molecular weight excluding hydrogens is 364 g/mol. The van der Waals surface area contributed by atoms with E-state index < -0.39 is 0 Å². The van der Waals surface area contributed by atoms with Crippen molar-refractivity contribution in [2.45, 2.75) is 31.7 Å². The van der Waals surface area contributed by atoms with E-state index in [9.17, 15) is 4.79 Å². The van der Waals surface area contributed by atoms with Crippen molar-refractivity contribution in [3.63, 3.8) is 0 Å². The third-order valence-electron chi connectivity index (χ3n) is 5.48. The van der Waals surface area contributed by atoms with Gasteiger partial charge in [-0.1, -0.05) is 48.5 Å². The molecular formula is C24H22N2O3. The van der Waals surface area contributed by atoms with Gasteiger partial charge in [0.15, 0.2) is 5.76 Å². The van der Waals surface area contributed by atoms with Gasteiger partial charge in [-0.05, 0) is 37.0 Å². The Bertz CT molecular complexity index is 1100.